The van der Waals surface area contributed by atoms with Gasteiger partial charge in [-0.05, 0) is 12.8 Å². The summed E-state index contributed by atoms with van der Waals surface area (Å²) in [7, 11) is 0. The van der Waals surface area contributed by atoms with Crippen molar-refractivity contribution < 1.29 is 23.9 Å². The van der Waals surface area contributed by atoms with E-state index in [0.717, 1.165) is 12.8 Å². The second-order valence-corrected chi connectivity index (χ2v) is 6.50. The van der Waals surface area contributed by atoms with Gasteiger partial charge < -0.3 is 14.6 Å². The Labute approximate surface area is 150 Å². The van der Waals surface area contributed by atoms with E-state index in [1.54, 1.807) is 4.57 Å². The molecule has 0 bridgehead atoms. The Balaban J connectivity index is 2.06. The number of ether oxygens (including phenoxy) is 1. The van der Waals surface area contributed by atoms with Crippen LogP contribution in [0.5, 0.6) is 0 Å². The third-order valence-corrected chi connectivity index (χ3v) is 4.52. The fraction of sp³-hybridized carbons (Fsp3) is 0.500. The van der Waals surface area contributed by atoms with Crippen LogP contribution in [-0.4, -0.2) is 33.0 Å². The Bertz CT molecular complexity index is 849. The van der Waals surface area contributed by atoms with Crippen molar-refractivity contribution in [2.45, 2.75) is 59.1 Å². The van der Waals surface area contributed by atoms with E-state index in [9.17, 15) is 19.2 Å². The molecule has 1 aliphatic heterocycles. The van der Waals surface area contributed by atoms with Crippen molar-refractivity contribution in [2.75, 3.05) is 0 Å². The maximum atomic E-state index is 13.1. The van der Waals surface area contributed by atoms with Crippen LogP contribution in [-0.2, 0) is 20.9 Å². The van der Waals surface area contributed by atoms with E-state index in [1.807, 2.05) is 6.92 Å². The summed E-state index contributed by atoms with van der Waals surface area (Å²) in [5.41, 5.74) is 0.591. The molecule has 0 radical (unpaired) electrons. The first-order valence-corrected chi connectivity index (χ1v) is 8.72. The Kier molecular flexibility index (Phi) is 4.76. The van der Waals surface area contributed by atoms with Crippen LogP contribution in [0.2, 0.25) is 0 Å². The van der Waals surface area contributed by atoms with Gasteiger partial charge in [0.05, 0.1) is 5.70 Å². The minimum Gasteiger partial charge on any atom is -0.454 e. The first kappa shape index (κ1) is 18.0. The number of nitrogens with one attached hydrogen (secondary N) is 1. The summed E-state index contributed by atoms with van der Waals surface area (Å²) in [6.07, 6.45) is 1.93. The SMILES string of the molecule is CCCCC1=C(NC(C)=O)C(=O)c2nc3n(c2C1=O)CCC3OC(C)=O. The molecule has 1 aromatic rings. The largest absolute Gasteiger partial charge is 0.454 e. The van der Waals surface area contributed by atoms with Gasteiger partial charge in [-0.2, -0.15) is 0 Å². The average molecular weight is 359 g/mol. The number of carbonyl (C=O) groups is 4. The Morgan fingerprint density at radius 2 is 2.00 bits per heavy atom. The monoisotopic (exact) mass is 359 g/mol. The fourth-order valence-corrected chi connectivity index (χ4v) is 3.43. The number of unbranched alkanes of at least 4 members (excludes halogenated alkanes) is 1. The van der Waals surface area contributed by atoms with Gasteiger partial charge in [-0.15, -0.1) is 0 Å². The molecule has 138 valence electrons. The maximum absolute atomic E-state index is 13.1. The van der Waals surface area contributed by atoms with Crippen LogP contribution in [0.25, 0.3) is 0 Å². The quantitative estimate of drug-likeness (QED) is 0.804. The minimum atomic E-state index is -0.568. The Morgan fingerprint density at radius 1 is 1.27 bits per heavy atom. The molecule has 2 heterocycles. The molecule has 2 aliphatic rings. The van der Waals surface area contributed by atoms with E-state index < -0.39 is 23.8 Å². The van der Waals surface area contributed by atoms with Crippen LogP contribution >= 0.6 is 0 Å². The van der Waals surface area contributed by atoms with Crippen molar-refractivity contribution in [1.29, 1.82) is 0 Å². The normalized spacial score (nSPS) is 18.7. The van der Waals surface area contributed by atoms with Crippen molar-refractivity contribution in [3.63, 3.8) is 0 Å². The predicted molar refractivity (Wildman–Crippen MR) is 90.4 cm³/mol. The number of imidazole rings is 1. The van der Waals surface area contributed by atoms with Crippen molar-refractivity contribution in [3.05, 3.63) is 28.5 Å². The molecule has 1 aromatic heterocycles. The average Bonchev–Trinajstić information content (AvgIpc) is 3.11. The van der Waals surface area contributed by atoms with Crippen molar-refractivity contribution >= 4 is 23.4 Å². The molecular weight excluding hydrogens is 338 g/mol. The lowest BCUT2D eigenvalue weighted by molar-refractivity contribution is -0.146. The van der Waals surface area contributed by atoms with Gasteiger partial charge in [-0.3, -0.25) is 19.2 Å². The second kappa shape index (κ2) is 6.86. The molecule has 0 saturated carbocycles. The molecular formula is C18H21N3O5. The lowest BCUT2D eigenvalue weighted by atomic mass is 9.90. The Morgan fingerprint density at radius 3 is 2.62 bits per heavy atom. The highest BCUT2D eigenvalue weighted by molar-refractivity contribution is 6.26. The summed E-state index contributed by atoms with van der Waals surface area (Å²) < 4.78 is 6.91. The highest BCUT2D eigenvalue weighted by atomic mass is 16.5. The van der Waals surface area contributed by atoms with Gasteiger partial charge >= 0.3 is 5.97 Å². The van der Waals surface area contributed by atoms with E-state index in [0.29, 0.717) is 30.8 Å². The number of hydrogen-bond donors (Lipinski definition) is 1. The molecule has 0 saturated heterocycles. The molecule has 3 rings (SSSR count). The number of ketones is 2. The number of amides is 1. The van der Waals surface area contributed by atoms with Crippen LogP contribution in [0.1, 0.15) is 79.4 Å². The number of carbonyl (C=O) groups excluding carboxylic acids is 4. The summed E-state index contributed by atoms with van der Waals surface area (Å²) in [4.78, 5) is 53.1. The van der Waals surface area contributed by atoms with E-state index >= 15 is 0 Å². The first-order valence-electron chi connectivity index (χ1n) is 8.72. The number of allylic oxidation sites excluding steroid dienone is 2. The first-order chi connectivity index (χ1) is 12.3. The van der Waals surface area contributed by atoms with Gasteiger partial charge in [-0.1, -0.05) is 13.3 Å². The molecule has 0 spiro atoms. The number of esters is 1. The summed E-state index contributed by atoms with van der Waals surface area (Å²) in [5, 5.41) is 2.51. The molecule has 26 heavy (non-hydrogen) atoms. The van der Waals surface area contributed by atoms with Gasteiger partial charge in [-0.25, -0.2) is 4.98 Å². The molecule has 8 nitrogen and oxygen atoms in total. The molecule has 0 aromatic carbocycles. The van der Waals surface area contributed by atoms with Crippen molar-refractivity contribution in [1.82, 2.24) is 14.9 Å². The maximum Gasteiger partial charge on any atom is 0.303 e. The summed E-state index contributed by atoms with van der Waals surface area (Å²) >= 11 is 0. The van der Waals surface area contributed by atoms with Crippen LogP contribution in [0.3, 0.4) is 0 Å². The fourth-order valence-electron chi connectivity index (χ4n) is 3.43. The van der Waals surface area contributed by atoms with Crippen molar-refractivity contribution in [3.8, 4) is 0 Å². The van der Waals surface area contributed by atoms with Crippen LogP contribution < -0.4 is 5.32 Å². The summed E-state index contributed by atoms with van der Waals surface area (Å²) in [5.74, 6) is -1.21. The zero-order chi connectivity index (χ0) is 19.0. The van der Waals surface area contributed by atoms with E-state index in [-0.39, 0.29) is 22.9 Å². The van der Waals surface area contributed by atoms with Gasteiger partial charge in [0.25, 0.3) is 0 Å². The standard InChI is InChI=1S/C18H21N3O5/c1-4-5-6-11-13(19-9(2)22)17(25)14-15(16(11)24)21-8-7-12(18(21)20-14)26-10(3)23/h12H,4-8H2,1-3H3,(H,19,22). The van der Waals surface area contributed by atoms with E-state index in [1.165, 1.54) is 13.8 Å². The minimum absolute atomic E-state index is 0.0178. The third kappa shape index (κ3) is 2.95. The molecule has 1 atom stereocenters. The smallest absolute Gasteiger partial charge is 0.303 e. The van der Waals surface area contributed by atoms with Gasteiger partial charge in [0.15, 0.2) is 11.9 Å². The number of nitrogens with zero attached hydrogens (tertiary/aromatic N) is 2. The summed E-state index contributed by atoms with van der Waals surface area (Å²) in [6, 6.07) is 0. The highest BCUT2D eigenvalue weighted by Crippen LogP contribution is 2.36. The number of rotatable bonds is 5. The third-order valence-electron chi connectivity index (χ3n) is 4.52. The van der Waals surface area contributed by atoms with Crippen LogP contribution in [0, 0.1) is 0 Å². The van der Waals surface area contributed by atoms with Crippen LogP contribution in [0.15, 0.2) is 11.3 Å². The number of hydrogen-bond acceptors (Lipinski definition) is 6. The molecule has 8 heteroatoms. The zero-order valence-corrected chi connectivity index (χ0v) is 15.0. The number of fused-ring (bicyclic) bond motifs is 3. The molecule has 1 aliphatic carbocycles. The van der Waals surface area contributed by atoms with Gasteiger partial charge in [0.1, 0.15) is 11.4 Å². The van der Waals surface area contributed by atoms with Gasteiger partial charge in [0.2, 0.25) is 17.5 Å². The van der Waals surface area contributed by atoms with E-state index in [4.69, 9.17) is 4.74 Å². The molecule has 0 fully saturated rings. The van der Waals surface area contributed by atoms with Crippen molar-refractivity contribution in [2.24, 2.45) is 0 Å². The lowest BCUT2D eigenvalue weighted by Crippen LogP contribution is -2.33. The highest BCUT2D eigenvalue weighted by Gasteiger charge is 2.41. The molecule has 1 amide bonds. The number of aromatic nitrogens is 2. The Hall–Kier alpha value is -2.77. The summed E-state index contributed by atoms with van der Waals surface area (Å²) in [6.45, 7) is 5.03. The number of Topliss-reactive ketones (excluding diaryl/α,β-unsaturated/α-hetero) is 2. The van der Waals surface area contributed by atoms with Crippen LogP contribution in [0.4, 0.5) is 0 Å². The topological polar surface area (TPSA) is 107 Å². The van der Waals surface area contributed by atoms with E-state index in [2.05, 4.69) is 10.3 Å². The molecule has 1 unspecified atom stereocenters. The lowest BCUT2D eigenvalue weighted by Gasteiger charge is -2.19. The second-order valence-electron chi connectivity index (χ2n) is 6.50. The zero-order valence-electron chi connectivity index (χ0n) is 15.0. The molecule has 1 N–H and O–H groups in total. The predicted octanol–water partition coefficient (Wildman–Crippen LogP) is 1.85. The van der Waals surface area contributed by atoms with Gasteiger partial charge in [0, 0.05) is 32.4 Å².